The third kappa shape index (κ3) is 1.41. The molecule has 74 valence electrons. The first-order valence-electron chi connectivity index (χ1n) is 4.38. The summed E-state index contributed by atoms with van der Waals surface area (Å²) in [6, 6.07) is 0. The van der Waals surface area contributed by atoms with Gasteiger partial charge < -0.3 is 10.3 Å². The van der Waals surface area contributed by atoms with E-state index in [4.69, 9.17) is 0 Å². The Morgan fingerprint density at radius 3 is 3.00 bits per heavy atom. The van der Waals surface area contributed by atoms with Crippen LogP contribution >= 0.6 is 0 Å². The highest BCUT2D eigenvalue weighted by Crippen LogP contribution is 2.22. The summed E-state index contributed by atoms with van der Waals surface area (Å²) in [6.07, 6.45) is 2.11. The molecule has 0 aliphatic rings. The number of aryl methyl sites for hydroxylation is 1. The van der Waals surface area contributed by atoms with Crippen LogP contribution in [0.5, 0.6) is 0 Å². The summed E-state index contributed by atoms with van der Waals surface area (Å²) in [6.45, 7) is 3.35. The predicted octanol–water partition coefficient (Wildman–Crippen LogP) is 1.99. The van der Waals surface area contributed by atoms with E-state index in [1.54, 1.807) is 0 Å². The van der Waals surface area contributed by atoms with E-state index in [1.807, 2.05) is 13.1 Å². The van der Waals surface area contributed by atoms with Gasteiger partial charge in [-0.2, -0.15) is 0 Å². The van der Waals surface area contributed by atoms with E-state index in [9.17, 15) is 4.39 Å². The zero-order chi connectivity index (χ0) is 10.1. The molecule has 2 heterocycles. The van der Waals surface area contributed by atoms with Crippen LogP contribution in [0.25, 0.3) is 11.0 Å². The van der Waals surface area contributed by atoms with Crippen molar-refractivity contribution in [2.75, 3.05) is 5.32 Å². The van der Waals surface area contributed by atoms with E-state index in [0.29, 0.717) is 5.82 Å². The van der Waals surface area contributed by atoms with Crippen molar-refractivity contribution in [1.29, 1.82) is 0 Å². The molecule has 0 fully saturated rings. The molecular weight excluding hydrogens is 183 g/mol. The summed E-state index contributed by atoms with van der Waals surface area (Å²) in [5, 5.41) is 3.48. The molecule has 0 aromatic carbocycles. The molecule has 0 spiro atoms. The van der Waals surface area contributed by atoms with Crippen LogP contribution in [-0.2, 0) is 0 Å². The van der Waals surface area contributed by atoms with Gasteiger partial charge in [-0.25, -0.2) is 14.4 Å². The Labute approximate surface area is 80.6 Å². The lowest BCUT2D eigenvalue weighted by molar-refractivity contribution is 0.402. The molecule has 1 unspecified atom stereocenters. The average molecular weight is 194 g/mol. The van der Waals surface area contributed by atoms with E-state index in [1.165, 1.54) is 13.3 Å². The van der Waals surface area contributed by atoms with Gasteiger partial charge in [-0.3, -0.25) is 0 Å². The number of anilines is 1. The van der Waals surface area contributed by atoms with Crippen molar-refractivity contribution >= 4 is 16.9 Å². The molecular formula is C9H11FN4. The van der Waals surface area contributed by atoms with Crippen molar-refractivity contribution in [2.45, 2.75) is 20.1 Å². The number of H-pyrrole nitrogens is 1. The van der Waals surface area contributed by atoms with Crippen molar-refractivity contribution in [3.63, 3.8) is 0 Å². The molecule has 1 atom stereocenters. The van der Waals surface area contributed by atoms with Gasteiger partial charge in [0.15, 0.2) is 6.30 Å². The summed E-state index contributed by atoms with van der Waals surface area (Å²) in [5.41, 5.74) is 1.73. The van der Waals surface area contributed by atoms with Crippen molar-refractivity contribution in [1.82, 2.24) is 15.0 Å². The van der Waals surface area contributed by atoms with Crippen LogP contribution in [0.3, 0.4) is 0 Å². The van der Waals surface area contributed by atoms with Crippen molar-refractivity contribution in [3.05, 3.63) is 18.1 Å². The minimum absolute atomic E-state index is 0.531. The van der Waals surface area contributed by atoms with Gasteiger partial charge in [0.25, 0.3) is 0 Å². The zero-order valence-electron chi connectivity index (χ0n) is 8.00. The molecule has 5 heteroatoms. The maximum Gasteiger partial charge on any atom is 0.168 e. The van der Waals surface area contributed by atoms with Gasteiger partial charge in [0.05, 0.1) is 5.39 Å². The van der Waals surface area contributed by atoms with Crippen molar-refractivity contribution in [2.24, 2.45) is 0 Å². The van der Waals surface area contributed by atoms with Gasteiger partial charge in [-0.05, 0) is 19.4 Å². The SMILES string of the molecule is Cc1c[nH]c2ncnc(NC(C)F)c12. The molecule has 14 heavy (non-hydrogen) atoms. The molecule has 0 amide bonds. The first kappa shape index (κ1) is 8.93. The zero-order valence-corrected chi connectivity index (χ0v) is 8.00. The first-order valence-corrected chi connectivity index (χ1v) is 4.38. The third-order valence-electron chi connectivity index (χ3n) is 2.00. The second-order valence-corrected chi connectivity index (χ2v) is 3.18. The number of hydrogen-bond donors (Lipinski definition) is 2. The molecule has 0 aliphatic carbocycles. The molecule has 4 nitrogen and oxygen atoms in total. The smallest absolute Gasteiger partial charge is 0.168 e. The molecule has 0 saturated carbocycles. The molecule has 2 aromatic heterocycles. The molecule has 2 N–H and O–H groups in total. The van der Waals surface area contributed by atoms with E-state index >= 15 is 0 Å². The largest absolute Gasteiger partial charge is 0.346 e. The Morgan fingerprint density at radius 2 is 2.29 bits per heavy atom. The van der Waals surface area contributed by atoms with Crippen LogP contribution in [0.15, 0.2) is 12.5 Å². The number of rotatable bonds is 2. The summed E-state index contributed by atoms with van der Waals surface area (Å²) < 4.78 is 12.8. The average Bonchev–Trinajstić information content (AvgIpc) is 2.48. The first-order chi connectivity index (χ1) is 6.68. The van der Waals surface area contributed by atoms with Gasteiger partial charge >= 0.3 is 0 Å². The number of nitrogens with zero attached hydrogens (tertiary/aromatic N) is 2. The topological polar surface area (TPSA) is 53.6 Å². The van der Waals surface area contributed by atoms with E-state index in [0.717, 1.165) is 16.6 Å². The van der Waals surface area contributed by atoms with Crippen molar-refractivity contribution in [3.8, 4) is 0 Å². The molecule has 2 rings (SSSR count). The highest BCUT2D eigenvalue weighted by molar-refractivity contribution is 5.90. The monoisotopic (exact) mass is 194 g/mol. The number of nitrogens with one attached hydrogen (secondary N) is 2. The lowest BCUT2D eigenvalue weighted by Gasteiger charge is -2.06. The van der Waals surface area contributed by atoms with Gasteiger partial charge in [0.2, 0.25) is 0 Å². The minimum Gasteiger partial charge on any atom is -0.346 e. The highest BCUT2D eigenvalue weighted by Gasteiger charge is 2.09. The van der Waals surface area contributed by atoms with Crippen LogP contribution in [0, 0.1) is 6.92 Å². The summed E-state index contributed by atoms with van der Waals surface area (Å²) >= 11 is 0. The normalized spacial score (nSPS) is 13.1. The summed E-state index contributed by atoms with van der Waals surface area (Å²) in [5.74, 6) is 0.531. The Kier molecular flexibility index (Phi) is 2.07. The minimum atomic E-state index is -1.12. The summed E-state index contributed by atoms with van der Waals surface area (Å²) in [4.78, 5) is 11.0. The Hall–Kier alpha value is -1.65. The quantitative estimate of drug-likeness (QED) is 0.719. The lowest BCUT2D eigenvalue weighted by atomic mass is 10.2. The van der Waals surface area contributed by atoms with Crippen LogP contribution < -0.4 is 5.32 Å². The fraction of sp³-hybridized carbons (Fsp3) is 0.333. The second-order valence-electron chi connectivity index (χ2n) is 3.18. The molecule has 0 aliphatic heterocycles. The predicted molar refractivity (Wildman–Crippen MR) is 52.8 cm³/mol. The number of halogens is 1. The Bertz CT molecular complexity index is 449. The number of aromatic nitrogens is 3. The van der Waals surface area contributed by atoms with Gasteiger partial charge in [0, 0.05) is 6.20 Å². The second kappa shape index (κ2) is 3.25. The third-order valence-corrected chi connectivity index (χ3v) is 2.00. The molecule has 0 bridgehead atoms. The van der Waals surface area contributed by atoms with E-state index < -0.39 is 6.30 Å². The van der Waals surface area contributed by atoms with Crippen LogP contribution in [-0.4, -0.2) is 21.2 Å². The summed E-state index contributed by atoms with van der Waals surface area (Å²) in [7, 11) is 0. The standard InChI is InChI=1S/C9H11FN4/c1-5-3-11-8-7(5)9(13-4-12-8)14-6(2)10/h3-4,6H,1-2H3,(H2,11,12,13,14). The van der Waals surface area contributed by atoms with Gasteiger partial charge in [0.1, 0.15) is 17.8 Å². The Morgan fingerprint density at radius 1 is 1.50 bits per heavy atom. The van der Waals surface area contributed by atoms with Crippen LogP contribution in [0.1, 0.15) is 12.5 Å². The molecule has 2 aromatic rings. The van der Waals surface area contributed by atoms with E-state index in [2.05, 4.69) is 20.3 Å². The van der Waals surface area contributed by atoms with E-state index in [-0.39, 0.29) is 0 Å². The van der Waals surface area contributed by atoms with Crippen LogP contribution in [0.4, 0.5) is 10.2 Å². The van der Waals surface area contributed by atoms with Gasteiger partial charge in [-0.1, -0.05) is 0 Å². The fourth-order valence-electron chi connectivity index (χ4n) is 1.42. The van der Waals surface area contributed by atoms with Crippen LogP contribution in [0.2, 0.25) is 0 Å². The number of alkyl halides is 1. The van der Waals surface area contributed by atoms with Gasteiger partial charge in [-0.15, -0.1) is 0 Å². The molecule has 0 radical (unpaired) electrons. The highest BCUT2D eigenvalue weighted by atomic mass is 19.1. The lowest BCUT2D eigenvalue weighted by Crippen LogP contribution is -2.10. The molecule has 0 saturated heterocycles. The van der Waals surface area contributed by atoms with Crippen molar-refractivity contribution < 1.29 is 4.39 Å². The fourth-order valence-corrected chi connectivity index (χ4v) is 1.42. The number of aromatic amines is 1. The Balaban J connectivity index is 2.57. The number of fused-ring (bicyclic) bond motifs is 1. The maximum absolute atomic E-state index is 12.8. The number of hydrogen-bond acceptors (Lipinski definition) is 3. The maximum atomic E-state index is 12.8.